The zero-order valence-corrected chi connectivity index (χ0v) is 11.8. The van der Waals surface area contributed by atoms with E-state index >= 15 is 0 Å². The Morgan fingerprint density at radius 2 is 1.90 bits per heavy atom. The maximum absolute atomic E-state index is 10.6. The molecule has 0 saturated carbocycles. The van der Waals surface area contributed by atoms with Crippen LogP contribution in [-0.4, -0.2) is 22.5 Å². The molecule has 2 N–H and O–H groups in total. The molecule has 1 aromatic rings. The second kappa shape index (κ2) is 6.88. The largest absolute Gasteiger partial charge is 0.481 e. The van der Waals surface area contributed by atoms with Crippen molar-refractivity contribution in [2.24, 2.45) is 5.41 Å². The topological polar surface area (TPSA) is 92.5 Å². The van der Waals surface area contributed by atoms with Crippen molar-refractivity contribution < 1.29 is 14.8 Å². The zero-order valence-electron chi connectivity index (χ0n) is 11.8. The second-order valence-corrected chi connectivity index (χ2v) is 5.54. The number of nitro benzene ring substituents is 1. The number of aliphatic carboxylic acids is 1. The van der Waals surface area contributed by atoms with Crippen LogP contribution >= 0.6 is 0 Å². The molecule has 0 saturated heterocycles. The Morgan fingerprint density at radius 3 is 2.40 bits per heavy atom. The Hall–Kier alpha value is -2.11. The molecule has 6 heteroatoms. The van der Waals surface area contributed by atoms with Crippen molar-refractivity contribution in [3.63, 3.8) is 0 Å². The Bertz CT molecular complexity index is 469. The normalized spacial score (nSPS) is 11.1. The van der Waals surface area contributed by atoms with Crippen LogP contribution < -0.4 is 5.32 Å². The summed E-state index contributed by atoms with van der Waals surface area (Å²) in [6, 6.07) is 6.25. The lowest BCUT2D eigenvalue weighted by molar-refractivity contribution is -0.384. The van der Waals surface area contributed by atoms with Crippen LogP contribution in [0, 0.1) is 15.5 Å². The lowest BCUT2D eigenvalue weighted by Gasteiger charge is -2.24. The Balaban J connectivity index is 2.39. The first-order valence-corrected chi connectivity index (χ1v) is 6.50. The summed E-state index contributed by atoms with van der Waals surface area (Å²) in [5.41, 5.74) is 0.841. The van der Waals surface area contributed by atoms with E-state index in [0.717, 1.165) is 12.1 Å². The van der Waals surface area contributed by atoms with Crippen molar-refractivity contribution in [3.05, 3.63) is 34.4 Å². The number of carboxylic acid groups (broad SMARTS) is 1. The van der Waals surface area contributed by atoms with Crippen molar-refractivity contribution in [2.75, 3.05) is 11.9 Å². The van der Waals surface area contributed by atoms with Gasteiger partial charge in [-0.2, -0.15) is 0 Å². The minimum Gasteiger partial charge on any atom is -0.481 e. The number of rotatable bonds is 8. The standard InChI is InChI=1S/C14H20N2O4/c1-14(2,8-7-13(17)18)9-10-15-11-3-5-12(6-4-11)16(19)20/h3-6,15H,7-10H2,1-2H3,(H,17,18). The van der Waals surface area contributed by atoms with Crippen LogP contribution in [0.25, 0.3) is 0 Å². The van der Waals surface area contributed by atoms with Crippen LogP contribution in [0.5, 0.6) is 0 Å². The molecule has 0 aliphatic rings. The number of benzene rings is 1. The number of non-ortho nitro benzene ring substituents is 1. The summed E-state index contributed by atoms with van der Waals surface area (Å²) in [5.74, 6) is -0.776. The summed E-state index contributed by atoms with van der Waals surface area (Å²) in [6.45, 7) is 4.77. The van der Waals surface area contributed by atoms with Gasteiger partial charge >= 0.3 is 5.97 Å². The molecule has 0 aliphatic heterocycles. The third-order valence-corrected chi connectivity index (χ3v) is 3.22. The predicted molar refractivity (Wildman–Crippen MR) is 76.9 cm³/mol. The fraction of sp³-hybridized carbons (Fsp3) is 0.500. The molecular formula is C14H20N2O4. The van der Waals surface area contributed by atoms with Gasteiger partial charge in [0.15, 0.2) is 0 Å². The zero-order chi connectivity index (χ0) is 15.2. The first-order chi connectivity index (χ1) is 9.30. The van der Waals surface area contributed by atoms with Gasteiger partial charge in [0.25, 0.3) is 5.69 Å². The number of nitro groups is 1. The highest BCUT2D eigenvalue weighted by atomic mass is 16.6. The number of hydrogen-bond acceptors (Lipinski definition) is 4. The Morgan fingerprint density at radius 1 is 1.30 bits per heavy atom. The van der Waals surface area contributed by atoms with E-state index in [0.29, 0.717) is 13.0 Å². The van der Waals surface area contributed by atoms with Gasteiger partial charge in [0.2, 0.25) is 0 Å². The molecule has 0 radical (unpaired) electrons. The quantitative estimate of drug-likeness (QED) is 0.563. The van der Waals surface area contributed by atoms with Crippen molar-refractivity contribution in [2.45, 2.75) is 33.1 Å². The first kappa shape index (κ1) is 15.9. The molecular weight excluding hydrogens is 260 g/mol. The van der Waals surface area contributed by atoms with E-state index in [1.165, 1.54) is 12.1 Å². The number of nitrogens with one attached hydrogen (secondary N) is 1. The molecule has 6 nitrogen and oxygen atoms in total. The summed E-state index contributed by atoms with van der Waals surface area (Å²) in [5, 5.41) is 22.4. The van der Waals surface area contributed by atoms with E-state index in [1.54, 1.807) is 12.1 Å². The number of carbonyl (C=O) groups is 1. The fourth-order valence-electron chi connectivity index (χ4n) is 1.82. The molecule has 1 rings (SSSR count). The van der Waals surface area contributed by atoms with Crippen molar-refractivity contribution in [3.8, 4) is 0 Å². The van der Waals surface area contributed by atoms with Gasteiger partial charge in [-0.3, -0.25) is 14.9 Å². The smallest absolute Gasteiger partial charge is 0.303 e. The van der Waals surface area contributed by atoms with Crippen molar-refractivity contribution >= 4 is 17.3 Å². The van der Waals surface area contributed by atoms with Gasteiger partial charge in [0.05, 0.1) is 4.92 Å². The first-order valence-electron chi connectivity index (χ1n) is 6.50. The van der Waals surface area contributed by atoms with Crippen molar-refractivity contribution in [1.29, 1.82) is 0 Å². The average Bonchev–Trinajstić information content (AvgIpc) is 2.37. The van der Waals surface area contributed by atoms with E-state index in [1.807, 2.05) is 13.8 Å². The monoisotopic (exact) mass is 280 g/mol. The number of nitrogens with zero attached hydrogens (tertiary/aromatic N) is 1. The summed E-state index contributed by atoms with van der Waals surface area (Å²) in [4.78, 5) is 20.6. The fourth-order valence-corrected chi connectivity index (χ4v) is 1.82. The second-order valence-electron chi connectivity index (χ2n) is 5.54. The lowest BCUT2D eigenvalue weighted by Crippen LogP contribution is -2.18. The summed E-state index contributed by atoms with van der Waals surface area (Å²) in [7, 11) is 0. The van der Waals surface area contributed by atoms with Gasteiger partial charge < -0.3 is 10.4 Å². The van der Waals surface area contributed by atoms with Crippen LogP contribution in [0.4, 0.5) is 11.4 Å². The number of carboxylic acids is 1. The van der Waals surface area contributed by atoms with Crippen LogP contribution in [0.15, 0.2) is 24.3 Å². The molecule has 0 unspecified atom stereocenters. The maximum Gasteiger partial charge on any atom is 0.303 e. The minimum atomic E-state index is -0.776. The highest BCUT2D eigenvalue weighted by molar-refractivity contribution is 5.66. The molecule has 0 fully saturated rings. The van der Waals surface area contributed by atoms with Gasteiger partial charge in [-0.25, -0.2) is 0 Å². The van der Waals surface area contributed by atoms with Crippen LogP contribution in [-0.2, 0) is 4.79 Å². The highest BCUT2D eigenvalue weighted by Gasteiger charge is 2.18. The lowest BCUT2D eigenvalue weighted by atomic mass is 9.84. The SMILES string of the molecule is CC(C)(CCNc1ccc([N+](=O)[O-])cc1)CCC(=O)O. The van der Waals surface area contributed by atoms with Crippen molar-refractivity contribution in [1.82, 2.24) is 0 Å². The van der Waals surface area contributed by atoms with E-state index in [9.17, 15) is 14.9 Å². The molecule has 110 valence electrons. The van der Waals surface area contributed by atoms with Gasteiger partial charge in [0, 0.05) is 30.8 Å². The Labute approximate surface area is 118 Å². The maximum atomic E-state index is 10.6. The molecule has 0 atom stereocenters. The summed E-state index contributed by atoms with van der Waals surface area (Å²) in [6.07, 6.45) is 1.63. The van der Waals surface area contributed by atoms with Gasteiger partial charge in [-0.15, -0.1) is 0 Å². The van der Waals surface area contributed by atoms with E-state index in [4.69, 9.17) is 5.11 Å². The Kier molecular flexibility index (Phi) is 5.49. The highest BCUT2D eigenvalue weighted by Crippen LogP contribution is 2.26. The summed E-state index contributed by atoms with van der Waals surface area (Å²) < 4.78 is 0. The van der Waals surface area contributed by atoms with Crippen LogP contribution in [0.2, 0.25) is 0 Å². The predicted octanol–water partition coefficient (Wildman–Crippen LogP) is 3.29. The van der Waals surface area contributed by atoms with Gasteiger partial charge in [-0.1, -0.05) is 13.8 Å². The molecule has 0 heterocycles. The number of anilines is 1. The van der Waals surface area contributed by atoms with Gasteiger partial charge in [-0.05, 0) is 30.4 Å². The summed E-state index contributed by atoms with van der Waals surface area (Å²) >= 11 is 0. The van der Waals surface area contributed by atoms with Crippen LogP contribution in [0.3, 0.4) is 0 Å². The third-order valence-electron chi connectivity index (χ3n) is 3.22. The van der Waals surface area contributed by atoms with E-state index in [-0.39, 0.29) is 17.5 Å². The van der Waals surface area contributed by atoms with Gasteiger partial charge in [0.1, 0.15) is 0 Å². The van der Waals surface area contributed by atoms with E-state index < -0.39 is 10.9 Å². The number of hydrogen-bond donors (Lipinski definition) is 2. The van der Waals surface area contributed by atoms with Crippen LogP contribution in [0.1, 0.15) is 33.1 Å². The molecule has 0 amide bonds. The molecule has 1 aromatic carbocycles. The van der Waals surface area contributed by atoms with E-state index in [2.05, 4.69) is 5.32 Å². The molecule has 0 aliphatic carbocycles. The third kappa shape index (κ3) is 5.69. The molecule has 0 bridgehead atoms. The minimum absolute atomic E-state index is 0.0494. The average molecular weight is 280 g/mol. The molecule has 0 spiro atoms. The molecule has 20 heavy (non-hydrogen) atoms. The molecule has 0 aromatic heterocycles.